The van der Waals surface area contributed by atoms with Crippen LogP contribution in [-0.4, -0.2) is 18.8 Å². The first-order valence-electron chi connectivity index (χ1n) is 6.91. The second-order valence-corrected chi connectivity index (χ2v) is 4.55. The van der Waals surface area contributed by atoms with Crippen LogP contribution in [0.1, 0.15) is 25.5 Å². The molecule has 1 atom stereocenters. The van der Waals surface area contributed by atoms with Crippen molar-refractivity contribution in [3.8, 4) is 23.0 Å². The van der Waals surface area contributed by atoms with Gasteiger partial charge in [0.25, 0.3) is 0 Å². The van der Waals surface area contributed by atoms with Crippen molar-refractivity contribution in [2.45, 2.75) is 20.0 Å². The lowest BCUT2D eigenvalue weighted by atomic mass is 10.1. The summed E-state index contributed by atoms with van der Waals surface area (Å²) in [4.78, 5) is 0. The number of rotatable bonds is 6. The minimum Gasteiger partial charge on any atom is -0.496 e. The van der Waals surface area contributed by atoms with Crippen LogP contribution in [0, 0.1) is 0 Å². The van der Waals surface area contributed by atoms with Gasteiger partial charge in [0, 0.05) is 0 Å². The molecule has 4 heteroatoms. The molecule has 0 fully saturated rings. The van der Waals surface area contributed by atoms with Crippen LogP contribution in [0.3, 0.4) is 0 Å². The first-order valence-corrected chi connectivity index (χ1v) is 6.91. The lowest BCUT2D eigenvalue weighted by Gasteiger charge is -2.16. The highest BCUT2D eigenvalue weighted by molar-refractivity contribution is 5.48. The fourth-order valence-corrected chi connectivity index (χ4v) is 2.10. The number of methoxy groups -OCH3 is 1. The Labute approximate surface area is 124 Å². The van der Waals surface area contributed by atoms with Crippen molar-refractivity contribution in [3.05, 3.63) is 48.0 Å². The van der Waals surface area contributed by atoms with Crippen LogP contribution >= 0.6 is 0 Å². The number of hydrogen-bond donors (Lipinski definition) is 1. The highest BCUT2D eigenvalue weighted by Crippen LogP contribution is 2.36. The molecule has 0 bridgehead atoms. The van der Waals surface area contributed by atoms with Crippen molar-refractivity contribution >= 4 is 0 Å². The highest BCUT2D eigenvalue weighted by Gasteiger charge is 2.15. The van der Waals surface area contributed by atoms with E-state index in [1.807, 2.05) is 37.3 Å². The summed E-state index contributed by atoms with van der Waals surface area (Å²) < 4.78 is 16.5. The van der Waals surface area contributed by atoms with Crippen molar-refractivity contribution in [2.24, 2.45) is 0 Å². The molecule has 0 aliphatic rings. The van der Waals surface area contributed by atoms with Crippen molar-refractivity contribution in [2.75, 3.05) is 13.7 Å². The standard InChI is InChI=1S/C17H20O4/c1-4-20-13-8-10-14(11-9-13)21-16-7-5-6-15(19-3)17(16)12(2)18/h5-12,18H,4H2,1-3H3. The molecule has 2 aromatic carbocycles. The summed E-state index contributed by atoms with van der Waals surface area (Å²) in [7, 11) is 1.57. The van der Waals surface area contributed by atoms with Crippen molar-refractivity contribution < 1.29 is 19.3 Å². The maximum absolute atomic E-state index is 9.93. The largest absolute Gasteiger partial charge is 0.496 e. The lowest BCUT2D eigenvalue weighted by Crippen LogP contribution is -2.00. The molecule has 0 aliphatic carbocycles. The van der Waals surface area contributed by atoms with E-state index in [9.17, 15) is 5.11 Å². The number of hydrogen-bond acceptors (Lipinski definition) is 4. The van der Waals surface area contributed by atoms with E-state index in [4.69, 9.17) is 14.2 Å². The number of benzene rings is 2. The first-order chi connectivity index (χ1) is 10.2. The van der Waals surface area contributed by atoms with Crippen LogP contribution in [0.2, 0.25) is 0 Å². The molecule has 0 saturated carbocycles. The summed E-state index contributed by atoms with van der Waals surface area (Å²) in [5, 5.41) is 9.93. The van der Waals surface area contributed by atoms with Gasteiger partial charge in [0.1, 0.15) is 23.0 Å². The topological polar surface area (TPSA) is 47.9 Å². The molecule has 2 rings (SSSR count). The predicted octanol–water partition coefficient (Wildman–Crippen LogP) is 3.94. The minimum absolute atomic E-state index is 0.577. The van der Waals surface area contributed by atoms with E-state index >= 15 is 0 Å². The van der Waals surface area contributed by atoms with E-state index in [0.717, 1.165) is 5.75 Å². The maximum atomic E-state index is 9.93. The van der Waals surface area contributed by atoms with Crippen LogP contribution < -0.4 is 14.2 Å². The lowest BCUT2D eigenvalue weighted by molar-refractivity contribution is 0.190. The van der Waals surface area contributed by atoms with Gasteiger partial charge < -0.3 is 19.3 Å². The summed E-state index contributed by atoms with van der Waals surface area (Å²) in [6.07, 6.45) is -0.682. The van der Waals surface area contributed by atoms with Crippen LogP contribution in [0.4, 0.5) is 0 Å². The quantitative estimate of drug-likeness (QED) is 0.874. The minimum atomic E-state index is -0.682. The third-order valence-corrected chi connectivity index (χ3v) is 3.03. The van der Waals surface area contributed by atoms with Crippen molar-refractivity contribution in [3.63, 3.8) is 0 Å². The van der Waals surface area contributed by atoms with Crippen LogP contribution in [0.15, 0.2) is 42.5 Å². The maximum Gasteiger partial charge on any atom is 0.136 e. The van der Waals surface area contributed by atoms with Crippen LogP contribution in [-0.2, 0) is 0 Å². The summed E-state index contributed by atoms with van der Waals surface area (Å²) in [5.74, 6) is 2.65. The zero-order valence-corrected chi connectivity index (χ0v) is 12.5. The fraction of sp³-hybridized carbons (Fsp3) is 0.294. The van der Waals surface area contributed by atoms with E-state index in [0.29, 0.717) is 29.4 Å². The summed E-state index contributed by atoms with van der Waals surface area (Å²) in [6, 6.07) is 12.8. The van der Waals surface area contributed by atoms with Gasteiger partial charge in [-0.05, 0) is 50.2 Å². The highest BCUT2D eigenvalue weighted by atomic mass is 16.5. The van der Waals surface area contributed by atoms with Gasteiger partial charge in [0.05, 0.1) is 25.4 Å². The van der Waals surface area contributed by atoms with Gasteiger partial charge >= 0.3 is 0 Å². The molecule has 0 amide bonds. The SMILES string of the molecule is CCOc1ccc(Oc2cccc(OC)c2C(C)O)cc1. The van der Waals surface area contributed by atoms with Gasteiger partial charge in [-0.3, -0.25) is 0 Å². The molecular formula is C17H20O4. The Morgan fingerprint density at radius 3 is 2.19 bits per heavy atom. The third-order valence-electron chi connectivity index (χ3n) is 3.03. The first kappa shape index (κ1) is 15.2. The number of aliphatic hydroxyl groups is 1. The molecule has 2 aromatic rings. The zero-order chi connectivity index (χ0) is 15.2. The van der Waals surface area contributed by atoms with E-state index < -0.39 is 6.10 Å². The molecule has 1 N–H and O–H groups in total. The Morgan fingerprint density at radius 1 is 1.00 bits per heavy atom. The second kappa shape index (κ2) is 6.99. The molecule has 1 unspecified atom stereocenters. The van der Waals surface area contributed by atoms with E-state index in [2.05, 4.69) is 0 Å². The molecule has 0 aliphatic heterocycles. The van der Waals surface area contributed by atoms with Gasteiger partial charge in [-0.1, -0.05) is 6.07 Å². The van der Waals surface area contributed by atoms with E-state index in [1.54, 1.807) is 26.2 Å². The smallest absolute Gasteiger partial charge is 0.136 e. The zero-order valence-electron chi connectivity index (χ0n) is 12.5. The Balaban J connectivity index is 2.26. The van der Waals surface area contributed by atoms with E-state index in [-0.39, 0.29) is 0 Å². The second-order valence-electron chi connectivity index (χ2n) is 4.55. The van der Waals surface area contributed by atoms with Gasteiger partial charge in [-0.15, -0.1) is 0 Å². The van der Waals surface area contributed by atoms with Crippen molar-refractivity contribution in [1.29, 1.82) is 0 Å². The van der Waals surface area contributed by atoms with Gasteiger partial charge in [-0.2, -0.15) is 0 Å². The molecule has 0 spiro atoms. The summed E-state index contributed by atoms with van der Waals surface area (Å²) >= 11 is 0. The molecule has 0 radical (unpaired) electrons. The molecule has 0 heterocycles. The summed E-state index contributed by atoms with van der Waals surface area (Å²) in [5.41, 5.74) is 0.633. The van der Waals surface area contributed by atoms with Gasteiger partial charge in [0.15, 0.2) is 0 Å². The van der Waals surface area contributed by atoms with E-state index in [1.165, 1.54) is 0 Å². The van der Waals surface area contributed by atoms with Gasteiger partial charge in [-0.25, -0.2) is 0 Å². The van der Waals surface area contributed by atoms with Crippen LogP contribution in [0.5, 0.6) is 23.0 Å². The molecule has 112 valence electrons. The molecule has 21 heavy (non-hydrogen) atoms. The normalized spacial score (nSPS) is 11.8. The average molecular weight is 288 g/mol. The average Bonchev–Trinajstić information content (AvgIpc) is 2.49. The predicted molar refractivity (Wildman–Crippen MR) is 81.3 cm³/mol. The number of aliphatic hydroxyl groups excluding tert-OH is 1. The number of ether oxygens (including phenoxy) is 3. The molecular weight excluding hydrogens is 268 g/mol. The Morgan fingerprint density at radius 2 is 1.62 bits per heavy atom. The Hall–Kier alpha value is -2.20. The summed E-state index contributed by atoms with van der Waals surface area (Å²) in [6.45, 7) is 4.25. The fourth-order valence-electron chi connectivity index (χ4n) is 2.10. The van der Waals surface area contributed by atoms with Gasteiger partial charge in [0.2, 0.25) is 0 Å². The third kappa shape index (κ3) is 3.67. The Bertz CT molecular complexity index is 576. The van der Waals surface area contributed by atoms with Crippen LogP contribution in [0.25, 0.3) is 0 Å². The molecule has 4 nitrogen and oxygen atoms in total. The monoisotopic (exact) mass is 288 g/mol. The molecule has 0 saturated heterocycles. The Kier molecular flexibility index (Phi) is 5.06. The molecule has 0 aromatic heterocycles. The van der Waals surface area contributed by atoms with Crippen molar-refractivity contribution in [1.82, 2.24) is 0 Å².